The molecule has 29 heavy (non-hydrogen) atoms. The Morgan fingerprint density at radius 3 is 2.45 bits per heavy atom. The number of rotatable bonds is 7. The van der Waals surface area contributed by atoms with Gasteiger partial charge in [-0.3, -0.25) is 4.57 Å². The van der Waals surface area contributed by atoms with Crippen molar-refractivity contribution in [2.45, 2.75) is 46.4 Å². The van der Waals surface area contributed by atoms with Crippen molar-refractivity contribution in [1.82, 2.24) is 14.5 Å². The Morgan fingerprint density at radius 1 is 1.34 bits per heavy atom. The van der Waals surface area contributed by atoms with E-state index >= 15 is 0 Å². The van der Waals surface area contributed by atoms with E-state index in [2.05, 4.69) is 14.7 Å². The molecule has 0 aliphatic heterocycles. The lowest BCUT2D eigenvalue weighted by Gasteiger charge is -2.27. The van der Waals surface area contributed by atoms with E-state index in [0.29, 0.717) is 0 Å². The number of pyridine rings is 1. The quantitative estimate of drug-likeness (QED) is 0.617. The fourth-order valence-electron chi connectivity index (χ4n) is 2.57. The number of carboxylic acids is 1. The SMILES string of the molecule is CCc1nc(C(=O)O)c(Cl)n1-c1ncc(CC(C)(C)C(F)(F)F)cc1OC(F)F. The fraction of sp³-hybridized carbons (Fsp3) is 0.471. The van der Waals surface area contributed by atoms with Crippen molar-refractivity contribution in [1.29, 1.82) is 0 Å². The monoisotopic (exact) mass is 441 g/mol. The zero-order valence-electron chi connectivity index (χ0n) is 15.5. The number of alkyl halides is 5. The number of imidazole rings is 1. The molecule has 2 aromatic rings. The summed E-state index contributed by atoms with van der Waals surface area (Å²) < 4.78 is 70.7. The minimum absolute atomic E-state index is 0.000491. The molecule has 0 bridgehead atoms. The van der Waals surface area contributed by atoms with Crippen molar-refractivity contribution in [3.05, 3.63) is 34.5 Å². The van der Waals surface area contributed by atoms with Gasteiger partial charge in [0.2, 0.25) is 0 Å². The summed E-state index contributed by atoms with van der Waals surface area (Å²) in [7, 11) is 0. The first-order valence-corrected chi connectivity index (χ1v) is 8.67. The van der Waals surface area contributed by atoms with Gasteiger partial charge in [0, 0.05) is 12.6 Å². The number of nitrogens with zero attached hydrogens (tertiary/aromatic N) is 3. The van der Waals surface area contributed by atoms with Crippen molar-refractivity contribution in [3.63, 3.8) is 0 Å². The first-order chi connectivity index (χ1) is 13.3. The van der Waals surface area contributed by atoms with Crippen LogP contribution in [0.25, 0.3) is 5.82 Å². The van der Waals surface area contributed by atoms with Crippen LogP contribution in [0.4, 0.5) is 22.0 Å². The second-order valence-corrected chi connectivity index (χ2v) is 7.12. The first kappa shape index (κ1) is 22.9. The van der Waals surface area contributed by atoms with E-state index in [-0.39, 0.29) is 23.6 Å². The maximum absolute atomic E-state index is 13.1. The second kappa shape index (κ2) is 8.13. The van der Waals surface area contributed by atoms with Gasteiger partial charge in [0.25, 0.3) is 0 Å². The highest BCUT2D eigenvalue weighted by atomic mass is 35.5. The maximum Gasteiger partial charge on any atom is 0.394 e. The highest BCUT2D eigenvalue weighted by Crippen LogP contribution is 2.41. The normalized spacial score (nSPS) is 12.5. The van der Waals surface area contributed by atoms with Gasteiger partial charge in [-0.25, -0.2) is 14.8 Å². The predicted molar refractivity (Wildman–Crippen MR) is 92.9 cm³/mol. The number of halogens is 6. The number of aryl methyl sites for hydroxylation is 1. The molecule has 2 aromatic heterocycles. The lowest BCUT2D eigenvalue weighted by molar-refractivity contribution is -0.211. The van der Waals surface area contributed by atoms with E-state index in [1.165, 1.54) is 0 Å². The molecule has 0 fully saturated rings. The number of hydrogen-bond acceptors (Lipinski definition) is 4. The third kappa shape index (κ3) is 4.77. The summed E-state index contributed by atoms with van der Waals surface area (Å²) in [6.07, 6.45) is -3.83. The molecule has 1 N–H and O–H groups in total. The minimum atomic E-state index is -4.53. The molecule has 0 aliphatic rings. The highest BCUT2D eigenvalue weighted by molar-refractivity contribution is 6.32. The van der Waals surface area contributed by atoms with Gasteiger partial charge in [-0.2, -0.15) is 22.0 Å². The molecule has 0 radical (unpaired) electrons. The van der Waals surface area contributed by atoms with E-state index in [9.17, 15) is 31.9 Å². The van der Waals surface area contributed by atoms with Crippen molar-refractivity contribution >= 4 is 17.6 Å². The van der Waals surface area contributed by atoms with Gasteiger partial charge < -0.3 is 9.84 Å². The second-order valence-electron chi connectivity index (χ2n) is 6.76. The molecule has 0 aliphatic carbocycles. The summed E-state index contributed by atoms with van der Waals surface area (Å²) in [5, 5.41) is 8.77. The summed E-state index contributed by atoms with van der Waals surface area (Å²) in [6.45, 7) is 0.257. The van der Waals surface area contributed by atoms with Gasteiger partial charge in [0.15, 0.2) is 17.3 Å². The summed E-state index contributed by atoms with van der Waals surface area (Å²) in [5.74, 6) is -2.20. The Bertz CT molecular complexity index is 912. The third-order valence-corrected chi connectivity index (χ3v) is 4.49. The topological polar surface area (TPSA) is 77.2 Å². The number of carboxylic acid groups (broad SMARTS) is 1. The largest absolute Gasteiger partial charge is 0.476 e. The summed E-state index contributed by atoms with van der Waals surface area (Å²) in [6, 6.07) is 0.998. The Balaban J connectivity index is 2.61. The summed E-state index contributed by atoms with van der Waals surface area (Å²) in [4.78, 5) is 19.0. The van der Waals surface area contributed by atoms with Crippen LogP contribution in [-0.2, 0) is 12.8 Å². The number of carbonyl (C=O) groups is 1. The van der Waals surface area contributed by atoms with Gasteiger partial charge in [0.05, 0.1) is 5.41 Å². The van der Waals surface area contributed by atoms with Crippen LogP contribution in [0.15, 0.2) is 12.3 Å². The average Bonchev–Trinajstić information content (AvgIpc) is 2.90. The average molecular weight is 442 g/mol. The van der Waals surface area contributed by atoms with Crippen LogP contribution in [0.2, 0.25) is 5.15 Å². The van der Waals surface area contributed by atoms with Crippen molar-refractivity contribution < 1.29 is 36.6 Å². The van der Waals surface area contributed by atoms with Crippen LogP contribution in [0, 0.1) is 5.41 Å². The lowest BCUT2D eigenvalue weighted by Crippen LogP contribution is -2.34. The Hall–Kier alpha value is -2.43. The van der Waals surface area contributed by atoms with Gasteiger partial charge >= 0.3 is 18.8 Å². The fourth-order valence-corrected chi connectivity index (χ4v) is 2.87. The molecule has 160 valence electrons. The van der Waals surface area contributed by atoms with Gasteiger partial charge in [-0.15, -0.1) is 0 Å². The smallest absolute Gasteiger partial charge is 0.394 e. The molecule has 0 spiro atoms. The van der Waals surface area contributed by atoms with Gasteiger partial charge in [-0.1, -0.05) is 32.4 Å². The third-order valence-electron chi connectivity index (χ3n) is 4.14. The molecule has 0 amide bonds. The molecule has 0 saturated carbocycles. The van der Waals surface area contributed by atoms with Crippen LogP contribution < -0.4 is 4.74 Å². The van der Waals surface area contributed by atoms with E-state index in [1.807, 2.05) is 0 Å². The van der Waals surface area contributed by atoms with Crippen molar-refractivity contribution in [2.75, 3.05) is 0 Å². The Labute approximate surface area is 167 Å². The van der Waals surface area contributed by atoms with Crippen LogP contribution in [-0.4, -0.2) is 38.4 Å². The molecule has 2 heterocycles. The molecule has 2 rings (SSSR count). The summed E-state index contributed by atoms with van der Waals surface area (Å²) in [5.41, 5.74) is -2.66. The van der Waals surface area contributed by atoms with E-state index in [1.54, 1.807) is 6.92 Å². The molecular formula is C17H17ClF5N3O3. The van der Waals surface area contributed by atoms with Crippen LogP contribution in [0.5, 0.6) is 5.75 Å². The van der Waals surface area contributed by atoms with E-state index < -0.39 is 47.2 Å². The van der Waals surface area contributed by atoms with Crippen LogP contribution >= 0.6 is 11.6 Å². The maximum atomic E-state index is 13.1. The van der Waals surface area contributed by atoms with Gasteiger partial charge in [-0.05, 0) is 18.1 Å². The zero-order chi connectivity index (χ0) is 22.1. The first-order valence-electron chi connectivity index (χ1n) is 8.29. The molecule has 0 aromatic carbocycles. The van der Waals surface area contributed by atoms with Crippen molar-refractivity contribution in [2.24, 2.45) is 5.41 Å². The van der Waals surface area contributed by atoms with E-state index in [4.69, 9.17) is 11.6 Å². The predicted octanol–water partition coefficient (Wildman–Crippen LogP) is 4.91. The Morgan fingerprint density at radius 2 is 1.97 bits per heavy atom. The number of aromatic carboxylic acids is 1. The minimum Gasteiger partial charge on any atom is -0.476 e. The molecule has 0 atom stereocenters. The van der Waals surface area contributed by atoms with Gasteiger partial charge in [0.1, 0.15) is 11.0 Å². The summed E-state index contributed by atoms with van der Waals surface area (Å²) >= 11 is 6.04. The van der Waals surface area contributed by atoms with Crippen LogP contribution in [0.1, 0.15) is 42.6 Å². The molecule has 0 saturated heterocycles. The number of aromatic nitrogens is 3. The molecule has 12 heteroatoms. The van der Waals surface area contributed by atoms with Crippen LogP contribution in [0.3, 0.4) is 0 Å². The molecule has 0 unspecified atom stereocenters. The number of ether oxygens (including phenoxy) is 1. The lowest BCUT2D eigenvalue weighted by atomic mass is 9.85. The Kier molecular flexibility index (Phi) is 6.41. The standard InChI is InChI=1S/C17H17ClF5N3O3/c1-4-10-25-11(14(27)28)12(18)26(10)13-9(29-15(19)20)5-8(7-24-13)6-16(2,3)17(21,22)23/h5,7,15H,4,6H2,1-3H3,(H,27,28). The number of hydrogen-bond donors (Lipinski definition) is 1. The zero-order valence-corrected chi connectivity index (χ0v) is 16.3. The van der Waals surface area contributed by atoms with Crippen molar-refractivity contribution in [3.8, 4) is 11.6 Å². The molecule has 6 nitrogen and oxygen atoms in total. The highest BCUT2D eigenvalue weighted by Gasteiger charge is 2.47. The molecular weight excluding hydrogens is 425 g/mol. The van der Waals surface area contributed by atoms with E-state index in [0.717, 1.165) is 30.7 Å².